The molecule has 0 unspecified atom stereocenters. The molecule has 0 bridgehead atoms. The van der Waals surface area contributed by atoms with E-state index in [0.29, 0.717) is 5.57 Å². The van der Waals surface area contributed by atoms with Crippen molar-refractivity contribution in [3.63, 3.8) is 0 Å². The van der Waals surface area contributed by atoms with E-state index in [1.807, 2.05) is 6.92 Å². The fourth-order valence-corrected chi connectivity index (χ4v) is 6.94. The standard InChI is InChI=1S/C24H25NO6S/c1-4-24-13-11-18(26)14-20(24)23(12-10-17(15-23)21(27)31-5-2)22(28)25(24)32(29,30)19-8-6-16(3)7-9-19/h4,6-11,13,20H,1,5,12,14-15H2,2-3H3/t20-,23+,24-/m1/s1. The van der Waals surface area contributed by atoms with Gasteiger partial charge in [-0.15, -0.1) is 6.58 Å². The molecule has 0 radical (unpaired) electrons. The summed E-state index contributed by atoms with van der Waals surface area (Å²) in [5.41, 5.74) is -1.43. The van der Waals surface area contributed by atoms with Crippen LogP contribution in [-0.4, -0.2) is 42.5 Å². The first-order chi connectivity index (χ1) is 15.1. The Bertz CT molecular complexity index is 1180. The summed E-state index contributed by atoms with van der Waals surface area (Å²) in [7, 11) is -4.26. The maximum atomic E-state index is 13.9. The number of ketones is 1. The van der Waals surface area contributed by atoms with Crippen LogP contribution in [0.2, 0.25) is 0 Å². The zero-order chi connectivity index (χ0) is 23.3. The number of hydrogen-bond donors (Lipinski definition) is 0. The second-order valence-electron chi connectivity index (χ2n) is 8.52. The lowest BCUT2D eigenvalue weighted by atomic mass is 9.64. The molecule has 0 N–H and O–H groups in total. The van der Waals surface area contributed by atoms with Gasteiger partial charge in [0, 0.05) is 17.9 Å². The summed E-state index contributed by atoms with van der Waals surface area (Å²) in [4.78, 5) is 38.7. The van der Waals surface area contributed by atoms with Crippen LogP contribution >= 0.6 is 0 Å². The van der Waals surface area contributed by atoms with Gasteiger partial charge in [0.2, 0.25) is 5.91 Å². The Morgan fingerprint density at radius 1 is 1.28 bits per heavy atom. The SMILES string of the molecule is C=C[C@@]12C=CC(=O)C[C@@H]1[C@@]1(CC=C(C(=O)OCC)C1)C(=O)N2S(=O)(=O)c1ccc(C)cc1. The van der Waals surface area contributed by atoms with Gasteiger partial charge in [-0.3, -0.25) is 9.59 Å². The van der Waals surface area contributed by atoms with E-state index in [4.69, 9.17) is 4.74 Å². The van der Waals surface area contributed by atoms with Crippen LogP contribution < -0.4 is 0 Å². The van der Waals surface area contributed by atoms with Gasteiger partial charge in [-0.05, 0) is 44.9 Å². The first kappa shape index (κ1) is 22.2. The summed E-state index contributed by atoms with van der Waals surface area (Å²) in [6.45, 7) is 7.57. The molecule has 1 aromatic carbocycles. The van der Waals surface area contributed by atoms with Crippen LogP contribution in [0.5, 0.6) is 0 Å². The van der Waals surface area contributed by atoms with Gasteiger partial charge < -0.3 is 4.74 Å². The van der Waals surface area contributed by atoms with Crippen molar-refractivity contribution >= 4 is 27.7 Å². The Morgan fingerprint density at radius 2 is 1.97 bits per heavy atom. The van der Waals surface area contributed by atoms with Gasteiger partial charge in [0.05, 0.1) is 22.5 Å². The highest BCUT2D eigenvalue weighted by Crippen LogP contribution is 2.60. The molecule has 1 spiro atoms. The van der Waals surface area contributed by atoms with Crippen molar-refractivity contribution in [2.75, 3.05) is 6.61 Å². The van der Waals surface area contributed by atoms with E-state index in [9.17, 15) is 22.8 Å². The van der Waals surface area contributed by atoms with Crippen LogP contribution in [0.25, 0.3) is 0 Å². The van der Waals surface area contributed by atoms with E-state index in [1.54, 1.807) is 25.1 Å². The normalized spacial score (nSPS) is 29.2. The zero-order valence-electron chi connectivity index (χ0n) is 18.0. The quantitative estimate of drug-likeness (QED) is 0.500. The average molecular weight is 456 g/mol. The number of aryl methyl sites for hydroxylation is 1. The molecule has 4 rings (SSSR count). The summed E-state index contributed by atoms with van der Waals surface area (Å²) in [5, 5.41) is 0. The van der Waals surface area contributed by atoms with E-state index < -0.39 is 38.8 Å². The van der Waals surface area contributed by atoms with Gasteiger partial charge >= 0.3 is 5.97 Å². The molecule has 2 aliphatic carbocycles. The molecular weight excluding hydrogens is 430 g/mol. The zero-order valence-corrected chi connectivity index (χ0v) is 18.9. The van der Waals surface area contributed by atoms with Gasteiger partial charge in [0.25, 0.3) is 10.0 Å². The fraction of sp³-hybridized carbons (Fsp3) is 0.375. The second kappa shape index (κ2) is 7.55. The van der Waals surface area contributed by atoms with Crippen LogP contribution in [0, 0.1) is 18.3 Å². The number of nitrogens with zero attached hydrogens (tertiary/aromatic N) is 1. The summed E-state index contributed by atoms with van der Waals surface area (Å²) in [6.07, 6.45) is 6.01. The lowest BCUT2D eigenvalue weighted by Gasteiger charge is -2.40. The van der Waals surface area contributed by atoms with E-state index >= 15 is 0 Å². The molecule has 1 aromatic rings. The molecule has 1 heterocycles. The molecular formula is C24H25NO6S. The minimum absolute atomic E-state index is 0.0158. The highest BCUT2D eigenvalue weighted by atomic mass is 32.2. The topological polar surface area (TPSA) is 97.8 Å². The Labute approximate surface area is 187 Å². The average Bonchev–Trinajstić information content (AvgIpc) is 3.29. The molecule has 0 saturated carbocycles. The Balaban J connectivity index is 1.87. The molecule has 8 heteroatoms. The van der Waals surface area contributed by atoms with Crippen LogP contribution in [-0.2, 0) is 29.1 Å². The lowest BCUT2D eigenvalue weighted by Crippen LogP contribution is -2.50. The van der Waals surface area contributed by atoms with Crippen molar-refractivity contribution in [1.82, 2.24) is 4.31 Å². The Morgan fingerprint density at radius 3 is 2.59 bits per heavy atom. The van der Waals surface area contributed by atoms with Gasteiger partial charge in [-0.25, -0.2) is 17.5 Å². The summed E-state index contributed by atoms with van der Waals surface area (Å²) in [6, 6.07) is 6.25. The van der Waals surface area contributed by atoms with Gasteiger partial charge in [0.1, 0.15) is 0 Å². The van der Waals surface area contributed by atoms with Crippen LogP contribution in [0.1, 0.15) is 31.7 Å². The number of hydrogen-bond acceptors (Lipinski definition) is 6. The molecule has 168 valence electrons. The number of fused-ring (bicyclic) bond motifs is 2. The van der Waals surface area contributed by atoms with Crippen molar-refractivity contribution in [1.29, 1.82) is 0 Å². The summed E-state index contributed by atoms with van der Waals surface area (Å²) < 4.78 is 33.5. The molecule has 1 saturated heterocycles. The minimum Gasteiger partial charge on any atom is -0.463 e. The van der Waals surface area contributed by atoms with Crippen molar-refractivity contribution in [3.8, 4) is 0 Å². The Hall–Kier alpha value is -3.00. The number of amides is 1. The molecule has 1 amide bonds. The second-order valence-corrected chi connectivity index (χ2v) is 10.3. The smallest absolute Gasteiger partial charge is 0.333 e. The molecule has 3 atom stereocenters. The predicted molar refractivity (Wildman–Crippen MR) is 117 cm³/mol. The van der Waals surface area contributed by atoms with E-state index in [1.165, 1.54) is 30.4 Å². The van der Waals surface area contributed by atoms with E-state index in [-0.39, 0.29) is 36.5 Å². The number of sulfonamides is 1. The van der Waals surface area contributed by atoms with Gasteiger partial charge in [-0.2, -0.15) is 0 Å². The van der Waals surface area contributed by atoms with Crippen LogP contribution in [0.3, 0.4) is 0 Å². The summed E-state index contributed by atoms with van der Waals surface area (Å²) in [5.74, 6) is -2.03. The highest BCUT2D eigenvalue weighted by molar-refractivity contribution is 7.89. The third kappa shape index (κ3) is 3.00. The number of rotatable bonds is 5. The molecule has 7 nitrogen and oxygen atoms in total. The molecule has 0 aromatic heterocycles. The van der Waals surface area contributed by atoms with E-state index in [0.717, 1.165) is 9.87 Å². The molecule has 1 fully saturated rings. The Kier molecular flexibility index (Phi) is 5.24. The third-order valence-corrected chi connectivity index (χ3v) is 8.60. The first-order valence-electron chi connectivity index (χ1n) is 10.5. The summed E-state index contributed by atoms with van der Waals surface area (Å²) >= 11 is 0. The maximum Gasteiger partial charge on any atom is 0.333 e. The van der Waals surface area contributed by atoms with Crippen molar-refractivity contribution in [3.05, 3.63) is 66.3 Å². The van der Waals surface area contributed by atoms with Crippen molar-refractivity contribution in [2.45, 2.75) is 43.5 Å². The number of esters is 1. The number of carbonyl (C=O) groups excluding carboxylic acids is 3. The fourth-order valence-electron chi connectivity index (χ4n) is 5.17. The van der Waals surface area contributed by atoms with Gasteiger partial charge in [0.15, 0.2) is 5.78 Å². The van der Waals surface area contributed by atoms with Crippen molar-refractivity contribution < 1.29 is 27.5 Å². The first-order valence-corrected chi connectivity index (χ1v) is 11.9. The maximum absolute atomic E-state index is 13.9. The van der Waals surface area contributed by atoms with Gasteiger partial charge in [-0.1, -0.05) is 35.9 Å². The van der Waals surface area contributed by atoms with Crippen LogP contribution in [0.4, 0.5) is 0 Å². The minimum atomic E-state index is -4.26. The number of ether oxygens (including phenoxy) is 1. The third-order valence-electron chi connectivity index (χ3n) is 6.77. The number of carbonyl (C=O) groups is 3. The largest absolute Gasteiger partial charge is 0.463 e. The monoisotopic (exact) mass is 455 g/mol. The van der Waals surface area contributed by atoms with Crippen LogP contribution in [0.15, 0.2) is 65.6 Å². The predicted octanol–water partition coefficient (Wildman–Crippen LogP) is 2.87. The van der Waals surface area contributed by atoms with Crippen molar-refractivity contribution in [2.24, 2.45) is 11.3 Å². The number of benzene rings is 1. The lowest BCUT2D eigenvalue weighted by molar-refractivity contribution is -0.139. The highest BCUT2D eigenvalue weighted by Gasteiger charge is 2.69. The molecule has 32 heavy (non-hydrogen) atoms. The van der Waals surface area contributed by atoms with E-state index in [2.05, 4.69) is 6.58 Å². The number of allylic oxidation sites excluding steroid dienone is 2. The molecule has 1 aliphatic heterocycles. The molecule has 3 aliphatic rings.